The minimum Gasteiger partial charge on any atom is -0.350 e. The molecule has 0 saturated heterocycles. The van der Waals surface area contributed by atoms with Gasteiger partial charge in [0.25, 0.3) is 5.91 Å². The third-order valence-electron chi connectivity index (χ3n) is 5.43. The van der Waals surface area contributed by atoms with E-state index in [1.54, 1.807) is 35.7 Å². The molecule has 36 heavy (non-hydrogen) atoms. The fourth-order valence-electron chi connectivity index (χ4n) is 3.63. The Bertz CT molecular complexity index is 1450. The number of hydrogen-bond acceptors (Lipinski definition) is 8. The molecule has 1 aromatic carbocycles. The molecule has 8 nitrogen and oxygen atoms in total. The van der Waals surface area contributed by atoms with E-state index in [0.717, 1.165) is 38.5 Å². The highest BCUT2D eigenvalue weighted by Crippen LogP contribution is 2.31. The highest BCUT2D eigenvalue weighted by Gasteiger charge is 2.18. The largest absolute Gasteiger partial charge is 0.350 e. The number of carbonyl (C=O) groups excluding carboxylic acids is 1. The Kier molecular flexibility index (Phi) is 7.44. The maximum Gasteiger partial charge on any atom is 0.270 e. The second-order valence-corrected chi connectivity index (χ2v) is 9.79. The third kappa shape index (κ3) is 5.50. The van der Waals surface area contributed by atoms with Gasteiger partial charge in [0.05, 0.1) is 11.4 Å². The predicted octanol–water partition coefficient (Wildman–Crippen LogP) is 4.75. The Morgan fingerprint density at radius 2 is 1.86 bits per heavy atom. The SMILES string of the molecule is Cc1ccccc1-n1c(SCc2nc(C(=O)NCCc3ccccn3)cs2)nnc1-c1ccncc1. The van der Waals surface area contributed by atoms with Gasteiger partial charge in [-0.3, -0.25) is 19.3 Å². The van der Waals surface area contributed by atoms with Crippen molar-refractivity contribution in [3.05, 3.63) is 101 Å². The van der Waals surface area contributed by atoms with E-state index in [1.807, 2.05) is 42.5 Å². The summed E-state index contributed by atoms with van der Waals surface area (Å²) >= 11 is 3.01. The molecule has 0 unspecified atom stereocenters. The average molecular weight is 514 g/mol. The molecular formula is C26H23N7OS2. The number of aryl methyl sites for hydroxylation is 1. The molecule has 180 valence electrons. The maximum absolute atomic E-state index is 12.5. The van der Waals surface area contributed by atoms with Crippen LogP contribution in [0.25, 0.3) is 17.1 Å². The number of amides is 1. The lowest BCUT2D eigenvalue weighted by molar-refractivity contribution is 0.0949. The van der Waals surface area contributed by atoms with Crippen molar-refractivity contribution in [2.45, 2.75) is 24.3 Å². The van der Waals surface area contributed by atoms with Crippen LogP contribution in [0, 0.1) is 6.92 Å². The standard InChI is InChI=1S/C26H23N7OS2/c1-18-6-2-3-8-22(18)33-24(19-9-13-27-14-10-19)31-32-26(33)36-17-23-30-21(16-35-23)25(34)29-15-11-20-7-4-5-12-28-20/h2-10,12-14,16H,11,15,17H2,1H3,(H,29,34). The van der Waals surface area contributed by atoms with Crippen molar-refractivity contribution in [2.75, 3.05) is 6.54 Å². The topological polar surface area (TPSA) is 98.5 Å². The van der Waals surface area contributed by atoms with Gasteiger partial charge in [-0.15, -0.1) is 21.5 Å². The highest BCUT2D eigenvalue weighted by atomic mass is 32.2. The lowest BCUT2D eigenvalue weighted by Crippen LogP contribution is -2.26. The van der Waals surface area contributed by atoms with Crippen LogP contribution in [0.1, 0.15) is 26.8 Å². The van der Waals surface area contributed by atoms with Crippen molar-refractivity contribution in [3.63, 3.8) is 0 Å². The molecule has 1 amide bonds. The monoisotopic (exact) mass is 513 g/mol. The molecule has 0 fully saturated rings. The van der Waals surface area contributed by atoms with Crippen LogP contribution in [0.15, 0.2) is 83.7 Å². The Balaban J connectivity index is 1.29. The van der Waals surface area contributed by atoms with Gasteiger partial charge in [-0.1, -0.05) is 36.0 Å². The first-order valence-corrected chi connectivity index (χ1v) is 13.2. The van der Waals surface area contributed by atoms with E-state index in [-0.39, 0.29) is 5.91 Å². The van der Waals surface area contributed by atoms with Crippen LogP contribution < -0.4 is 5.32 Å². The minimum absolute atomic E-state index is 0.179. The number of aromatic nitrogens is 6. The van der Waals surface area contributed by atoms with E-state index in [1.165, 1.54) is 11.3 Å². The van der Waals surface area contributed by atoms with Crippen LogP contribution in [-0.4, -0.2) is 42.2 Å². The fourth-order valence-corrected chi connectivity index (χ4v) is 5.37. The molecule has 5 rings (SSSR count). The quantitative estimate of drug-likeness (QED) is 0.284. The van der Waals surface area contributed by atoms with Crippen molar-refractivity contribution >= 4 is 29.0 Å². The zero-order valence-corrected chi connectivity index (χ0v) is 21.2. The van der Waals surface area contributed by atoms with E-state index >= 15 is 0 Å². The number of nitrogens with one attached hydrogen (secondary N) is 1. The molecule has 10 heteroatoms. The number of hydrogen-bond donors (Lipinski definition) is 1. The molecule has 0 spiro atoms. The molecule has 0 aliphatic carbocycles. The van der Waals surface area contributed by atoms with Crippen molar-refractivity contribution in [2.24, 2.45) is 0 Å². The van der Waals surface area contributed by atoms with Gasteiger partial charge < -0.3 is 5.32 Å². The number of rotatable bonds is 9. The van der Waals surface area contributed by atoms with E-state index in [0.29, 0.717) is 24.4 Å². The predicted molar refractivity (Wildman–Crippen MR) is 141 cm³/mol. The van der Waals surface area contributed by atoms with Gasteiger partial charge in [-0.2, -0.15) is 0 Å². The summed E-state index contributed by atoms with van der Waals surface area (Å²) < 4.78 is 2.06. The van der Waals surface area contributed by atoms with Gasteiger partial charge in [0.1, 0.15) is 10.7 Å². The zero-order valence-electron chi connectivity index (χ0n) is 19.5. The van der Waals surface area contributed by atoms with Crippen LogP contribution in [0.4, 0.5) is 0 Å². The molecule has 4 aromatic heterocycles. The van der Waals surface area contributed by atoms with Crippen LogP contribution in [-0.2, 0) is 12.2 Å². The average Bonchev–Trinajstić information content (AvgIpc) is 3.56. The molecule has 0 aliphatic heterocycles. The molecule has 0 saturated carbocycles. The summed E-state index contributed by atoms with van der Waals surface area (Å²) in [5.74, 6) is 1.15. The van der Waals surface area contributed by atoms with Crippen molar-refractivity contribution in [3.8, 4) is 17.1 Å². The number of thiazole rings is 1. The Morgan fingerprint density at radius 1 is 1.03 bits per heavy atom. The third-order valence-corrected chi connectivity index (χ3v) is 7.40. The summed E-state index contributed by atoms with van der Waals surface area (Å²) in [6.45, 7) is 2.58. The van der Waals surface area contributed by atoms with Crippen LogP contribution >= 0.6 is 23.1 Å². The molecule has 5 aromatic rings. The van der Waals surface area contributed by atoms with E-state index in [9.17, 15) is 4.79 Å². The van der Waals surface area contributed by atoms with Crippen molar-refractivity contribution in [1.29, 1.82) is 0 Å². The number of carbonyl (C=O) groups is 1. The summed E-state index contributed by atoms with van der Waals surface area (Å²) in [5, 5.41) is 15.3. The molecule has 4 heterocycles. The summed E-state index contributed by atoms with van der Waals surface area (Å²) in [7, 11) is 0. The summed E-state index contributed by atoms with van der Waals surface area (Å²) in [6, 6.07) is 17.8. The first kappa shape index (κ1) is 23.8. The first-order chi connectivity index (χ1) is 17.7. The van der Waals surface area contributed by atoms with Gasteiger partial charge in [0.15, 0.2) is 11.0 Å². The number of pyridine rings is 2. The molecule has 0 atom stereocenters. The van der Waals surface area contributed by atoms with Crippen LogP contribution in [0.5, 0.6) is 0 Å². The summed E-state index contributed by atoms with van der Waals surface area (Å²) in [4.78, 5) is 25.5. The Morgan fingerprint density at radius 3 is 2.67 bits per heavy atom. The van der Waals surface area contributed by atoms with Crippen LogP contribution in [0.2, 0.25) is 0 Å². The van der Waals surface area contributed by atoms with E-state index in [4.69, 9.17) is 0 Å². The number of thioether (sulfide) groups is 1. The smallest absolute Gasteiger partial charge is 0.270 e. The fraction of sp³-hybridized carbons (Fsp3) is 0.154. The Labute approximate surface area is 216 Å². The van der Waals surface area contributed by atoms with E-state index < -0.39 is 0 Å². The minimum atomic E-state index is -0.179. The van der Waals surface area contributed by atoms with Gasteiger partial charge in [-0.05, 0) is 42.8 Å². The van der Waals surface area contributed by atoms with Crippen molar-refractivity contribution < 1.29 is 4.79 Å². The molecule has 1 N–H and O–H groups in total. The normalized spacial score (nSPS) is 10.9. The van der Waals surface area contributed by atoms with Gasteiger partial charge >= 0.3 is 0 Å². The summed E-state index contributed by atoms with van der Waals surface area (Å²) in [5.41, 5.74) is 4.44. The lowest BCUT2D eigenvalue weighted by atomic mass is 10.2. The Hall–Kier alpha value is -3.89. The van der Waals surface area contributed by atoms with Gasteiger partial charge in [0.2, 0.25) is 0 Å². The van der Waals surface area contributed by atoms with Gasteiger partial charge in [-0.25, -0.2) is 4.98 Å². The zero-order chi connectivity index (χ0) is 24.7. The lowest BCUT2D eigenvalue weighted by Gasteiger charge is -2.12. The van der Waals surface area contributed by atoms with Crippen LogP contribution in [0.3, 0.4) is 0 Å². The molecular weight excluding hydrogens is 490 g/mol. The number of benzene rings is 1. The molecule has 0 radical (unpaired) electrons. The maximum atomic E-state index is 12.5. The summed E-state index contributed by atoms with van der Waals surface area (Å²) in [6.07, 6.45) is 5.92. The number of nitrogens with zero attached hydrogens (tertiary/aromatic N) is 6. The number of para-hydroxylation sites is 1. The van der Waals surface area contributed by atoms with Gasteiger partial charge in [0, 0.05) is 48.2 Å². The van der Waals surface area contributed by atoms with E-state index in [2.05, 4.69) is 54.1 Å². The van der Waals surface area contributed by atoms with Crippen molar-refractivity contribution in [1.82, 2.24) is 35.0 Å². The molecule has 0 aliphatic rings. The molecule has 0 bridgehead atoms. The second-order valence-electron chi connectivity index (χ2n) is 7.91. The highest BCUT2D eigenvalue weighted by molar-refractivity contribution is 7.98. The first-order valence-electron chi connectivity index (χ1n) is 11.4. The second kappa shape index (κ2) is 11.2.